The van der Waals surface area contributed by atoms with Crippen LogP contribution in [0.25, 0.3) is 0 Å². The second-order valence-electron chi connectivity index (χ2n) is 4.50. The molecule has 20 heavy (non-hydrogen) atoms. The molecule has 0 amide bonds. The van der Waals surface area contributed by atoms with E-state index in [0.717, 1.165) is 30.1 Å². The fourth-order valence-corrected chi connectivity index (χ4v) is 2.02. The van der Waals surface area contributed by atoms with Crippen molar-refractivity contribution in [1.29, 1.82) is 0 Å². The van der Waals surface area contributed by atoms with E-state index in [1.165, 1.54) is 0 Å². The summed E-state index contributed by atoms with van der Waals surface area (Å²) < 4.78 is 8.39. The Bertz CT molecular complexity index is 611. The Morgan fingerprint density at radius 2 is 2.15 bits per heavy atom. The molecule has 108 valence electrons. The minimum atomic E-state index is 0.484. The topological polar surface area (TPSA) is 64.9 Å². The molecule has 0 aromatic carbocycles. The molecule has 0 radical (unpaired) electrons. The van der Waals surface area contributed by atoms with Gasteiger partial charge in [0, 0.05) is 13.6 Å². The van der Waals surface area contributed by atoms with Crippen LogP contribution in [0.15, 0.2) is 10.7 Å². The zero-order chi connectivity index (χ0) is 14.7. The van der Waals surface area contributed by atoms with Gasteiger partial charge in [0.15, 0.2) is 5.75 Å². The van der Waals surface area contributed by atoms with Crippen molar-refractivity contribution in [3.8, 4) is 11.6 Å². The Balaban J connectivity index is 2.28. The SMILES string of the molecule is CCCNc1ncc(Br)c(Oc2c(C)nn(C)c2C)n1. The Labute approximate surface area is 126 Å². The molecule has 2 rings (SSSR count). The van der Waals surface area contributed by atoms with Crippen molar-refractivity contribution in [1.82, 2.24) is 19.7 Å². The number of halogens is 1. The Morgan fingerprint density at radius 3 is 2.75 bits per heavy atom. The van der Waals surface area contributed by atoms with Gasteiger partial charge in [-0.2, -0.15) is 10.1 Å². The van der Waals surface area contributed by atoms with Gasteiger partial charge in [-0.05, 0) is 36.2 Å². The molecule has 0 aliphatic rings. The Kier molecular flexibility index (Phi) is 4.59. The van der Waals surface area contributed by atoms with Gasteiger partial charge in [0.1, 0.15) is 5.69 Å². The van der Waals surface area contributed by atoms with E-state index in [0.29, 0.717) is 16.3 Å². The van der Waals surface area contributed by atoms with Crippen LogP contribution in [0.2, 0.25) is 0 Å². The Morgan fingerprint density at radius 1 is 1.40 bits per heavy atom. The highest BCUT2D eigenvalue weighted by molar-refractivity contribution is 9.10. The lowest BCUT2D eigenvalue weighted by atomic mass is 10.3. The number of rotatable bonds is 5. The standard InChI is InChI=1S/C13H18BrN5O/c1-5-6-15-13-16-7-10(14)12(17-13)20-11-8(2)18-19(4)9(11)3/h7H,5-6H2,1-4H3,(H,15,16,17). The maximum atomic E-state index is 5.89. The molecule has 0 unspecified atom stereocenters. The van der Waals surface area contributed by atoms with E-state index in [1.54, 1.807) is 10.9 Å². The molecular weight excluding hydrogens is 322 g/mol. The van der Waals surface area contributed by atoms with Gasteiger partial charge in [-0.15, -0.1) is 0 Å². The van der Waals surface area contributed by atoms with Gasteiger partial charge < -0.3 is 10.1 Å². The second-order valence-corrected chi connectivity index (χ2v) is 5.35. The third-order valence-electron chi connectivity index (χ3n) is 2.89. The van der Waals surface area contributed by atoms with Crippen LogP contribution in [0.3, 0.4) is 0 Å². The van der Waals surface area contributed by atoms with Crippen LogP contribution in [0.5, 0.6) is 11.6 Å². The molecule has 2 heterocycles. The maximum absolute atomic E-state index is 5.89. The van der Waals surface area contributed by atoms with E-state index in [4.69, 9.17) is 4.74 Å². The van der Waals surface area contributed by atoms with E-state index in [9.17, 15) is 0 Å². The third-order valence-corrected chi connectivity index (χ3v) is 3.43. The van der Waals surface area contributed by atoms with Crippen LogP contribution in [-0.4, -0.2) is 26.3 Å². The fourth-order valence-electron chi connectivity index (χ4n) is 1.74. The van der Waals surface area contributed by atoms with Gasteiger partial charge in [-0.25, -0.2) is 4.98 Å². The van der Waals surface area contributed by atoms with Crippen LogP contribution in [0.4, 0.5) is 5.95 Å². The molecule has 0 aliphatic heterocycles. The molecule has 7 heteroatoms. The molecule has 0 spiro atoms. The molecule has 0 atom stereocenters. The van der Waals surface area contributed by atoms with Crippen molar-refractivity contribution in [2.75, 3.05) is 11.9 Å². The van der Waals surface area contributed by atoms with Crippen molar-refractivity contribution in [3.63, 3.8) is 0 Å². The van der Waals surface area contributed by atoms with E-state index in [1.807, 2.05) is 20.9 Å². The van der Waals surface area contributed by atoms with E-state index < -0.39 is 0 Å². The number of aryl methyl sites for hydroxylation is 2. The van der Waals surface area contributed by atoms with Gasteiger partial charge in [0.2, 0.25) is 11.8 Å². The summed E-state index contributed by atoms with van der Waals surface area (Å²) in [6.45, 7) is 6.78. The van der Waals surface area contributed by atoms with Crippen LogP contribution < -0.4 is 10.1 Å². The lowest BCUT2D eigenvalue weighted by molar-refractivity contribution is 0.451. The minimum Gasteiger partial charge on any atom is -0.434 e. The summed E-state index contributed by atoms with van der Waals surface area (Å²) >= 11 is 3.41. The summed E-state index contributed by atoms with van der Waals surface area (Å²) in [6.07, 6.45) is 2.69. The van der Waals surface area contributed by atoms with Gasteiger partial charge in [-0.1, -0.05) is 6.92 Å². The molecule has 0 saturated heterocycles. The number of ether oxygens (including phenoxy) is 1. The highest BCUT2D eigenvalue weighted by atomic mass is 79.9. The molecule has 0 fully saturated rings. The van der Waals surface area contributed by atoms with Gasteiger partial charge in [0.05, 0.1) is 16.4 Å². The maximum Gasteiger partial charge on any atom is 0.238 e. The van der Waals surface area contributed by atoms with Crippen molar-refractivity contribution >= 4 is 21.9 Å². The predicted molar refractivity (Wildman–Crippen MR) is 81.3 cm³/mol. The van der Waals surface area contributed by atoms with Crippen molar-refractivity contribution in [2.24, 2.45) is 7.05 Å². The zero-order valence-corrected chi connectivity index (χ0v) is 13.7. The summed E-state index contributed by atoms with van der Waals surface area (Å²) in [7, 11) is 1.89. The molecule has 2 aromatic heterocycles. The quantitative estimate of drug-likeness (QED) is 0.905. The predicted octanol–water partition coefficient (Wildman–Crippen LogP) is 3.20. The molecule has 2 aromatic rings. The lowest BCUT2D eigenvalue weighted by Gasteiger charge is -2.09. The molecule has 6 nitrogen and oxygen atoms in total. The zero-order valence-electron chi connectivity index (χ0n) is 12.1. The largest absolute Gasteiger partial charge is 0.434 e. The number of nitrogens with one attached hydrogen (secondary N) is 1. The summed E-state index contributed by atoms with van der Waals surface area (Å²) in [4.78, 5) is 8.57. The van der Waals surface area contributed by atoms with Crippen LogP contribution in [0.1, 0.15) is 24.7 Å². The smallest absolute Gasteiger partial charge is 0.238 e. The van der Waals surface area contributed by atoms with Crippen LogP contribution >= 0.6 is 15.9 Å². The summed E-state index contributed by atoms with van der Waals surface area (Å²) in [5, 5.41) is 7.46. The molecule has 1 N–H and O–H groups in total. The lowest BCUT2D eigenvalue weighted by Crippen LogP contribution is -2.05. The van der Waals surface area contributed by atoms with Crippen LogP contribution in [-0.2, 0) is 7.05 Å². The van der Waals surface area contributed by atoms with Gasteiger partial charge in [0.25, 0.3) is 0 Å². The molecule has 0 saturated carbocycles. The average molecular weight is 340 g/mol. The van der Waals surface area contributed by atoms with Gasteiger partial charge in [-0.3, -0.25) is 4.68 Å². The monoisotopic (exact) mass is 339 g/mol. The van der Waals surface area contributed by atoms with E-state index in [2.05, 4.69) is 43.2 Å². The summed E-state index contributed by atoms with van der Waals surface area (Å²) in [5.74, 6) is 1.77. The third kappa shape index (κ3) is 3.09. The highest BCUT2D eigenvalue weighted by Gasteiger charge is 2.15. The average Bonchev–Trinajstić information content (AvgIpc) is 2.66. The van der Waals surface area contributed by atoms with E-state index in [-0.39, 0.29) is 0 Å². The first-order chi connectivity index (χ1) is 9.52. The first kappa shape index (κ1) is 14.8. The summed E-state index contributed by atoms with van der Waals surface area (Å²) in [5.41, 5.74) is 1.79. The molecular formula is C13H18BrN5O. The van der Waals surface area contributed by atoms with Gasteiger partial charge >= 0.3 is 0 Å². The number of hydrogen-bond acceptors (Lipinski definition) is 5. The number of aromatic nitrogens is 4. The van der Waals surface area contributed by atoms with Crippen molar-refractivity contribution < 1.29 is 4.74 Å². The second kappa shape index (κ2) is 6.21. The van der Waals surface area contributed by atoms with E-state index >= 15 is 0 Å². The Hall–Kier alpha value is -1.63. The first-order valence-corrected chi connectivity index (χ1v) is 7.26. The fraction of sp³-hybridized carbons (Fsp3) is 0.462. The van der Waals surface area contributed by atoms with Crippen molar-refractivity contribution in [3.05, 3.63) is 22.1 Å². The minimum absolute atomic E-state index is 0.484. The normalized spacial score (nSPS) is 10.7. The summed E-state index contributed by atoms with van der Waals surface area (Å²) in [6, 6.07) is 0. The number of nitrogens with zero attached hydrogens (tertiary/aromatic N) is 4. The van der Waals surface area contributed by atoms with Crippen LogP contribution in [0, 0.1) is 13.8 Å². The number of hydrogen-bond donors (Lipinski definition) is 1. The van der Waals surface area contributed by atoms with Crippen molar-refractivity contribution in [2.45, 2.75) is 27.2 Å². The first-order valence-electron chi connectivity index (χ1n) is 6.47. The number of anilines is 1. The molecule has 0 aliphatic carbocycles. The highest BCUT2D eigenvalue weighted by Crippen LogP contribution is 2.31. The molecule has 0 bridgehead atoms.